The molecule has 8 heteroatoms. The van der Waals surface area contributed by atoms with Crippen LogP contribution >= 0.6 is 0 Å². The molecule has 1 aliphatic heterocycles. The molecular formula is C24H16O8. The summed E-state index contributed by atoms with van der Waals surface area (Å²) in [5, 5.41) is 40.2. The highest BCUT2D eigenvalue weighted by molar-refractivity contribution is 5.94. The van der Waals surface area contributed by atoms with E-state index in [9.17, 15) is 30.0 Å². The van der Waals surface area contributed by atoms with Gasteiger partial charge >= 0.3 is 5.97 Å². The van der Waals surface area contributed by atoms with Crippen LogP contribution in [0.5, 0.6) is 28.7 Å². The summed E-state index contributed by atoms with van der Waals surface area (Å²) in [4.78, 5) is 25.2. The number of hydrogen-bond acceptors (Lipinski definition) is 8. The third kappa shape index (κ3) is 2.92. The number of hydrogen-bond donors (Lipinski definition) is 4. The fraction of sp³-hybridized carbons (Fsp3) is 0.0833. The Kier molecular flexibility index (Phi) is 4.30. The van der Waals surface area contributed by atoms with Gasteiger partial charge in [-0.05, 0) is 23.8 Å². The Bertz CT molecular complexity index is 1450. The molecule has 0 bridgehead atoms. The first-order valence-corrected chi connectivity index (χ1v) is 9.68. The Labute approximate surface area is 180 Å². The van der Waals surface area contributed by atoms with Gasteiger partial charge in [0, 0.05) is 23.1 Å². The maximum absolute atomic E-state index is 13.0. The quantitative estimate of drug-likeness (QED) is 0.214. The maximum Gasteiger partial charge on any atom is 0.312 e. The minimum Gasteiger partial charge on any atom is -0.507 e. The molecule has 1 aliphatic rings. The molecule has 0 radical (unpaired) electrons. The number of fused-ring (bicyclic) bond motifs is 3. The Morgan fingerprint density at radius 1 is 0.844 bits per heavy atom. The molecule has 4 N–H and O–H groups in total. The number of ether oxygens (including phenoxy) is 1. The predicted octanol–water partition coefficient (Wildman–Crippen LogP) is 3.72. The average Bonchev–Trinajstić information content (AvgIpc) is 2.77. The standard InChI is InChI=1S/C24H16O8/c25-14-7-6-12(8-15(14)26)23-22(30)21(29)20-16(27)10-17-19(24(20)32-23)13(9-18(28)31-17)11-4-2-1-3-5-11/h1-8,10,13,25-27,30H,9H2/t13-/m0/s1. The summed E-state index contributed by atoms with van der Waals surface area (Å²) in [5.74, 6) is -3.39. The monoisotopic (exact) mass is 432 g/mol. The van der Waals surface area contributed by atoms with E-state index in [4.69, 9.17) is 9.15 Å². The molecule has 8 nitrogen and oxygen atoms in total. The van der Waals surface area contributed by atoms with Gasteiger partial charge < -0.3 is 29.6 Å². The summed E-state index contributed by atoms with van der Waals surface area (Å²) in [7, 11) is 0. The van der Waals surface area contributed by atoms with E-state index >= 15 is 0 Å². The molecule has 4 aromatic rings. The Morgan fingerprint density at radius 3 is 2.31 bits per heavy atom. The molecule has 32 heavy (non-hydrogen) atoms. The molecular weight excluding hydrogens is 416 g/mol. The predicted molar refractivity (Wildman–Crippen MR) is 113 cm³/mol. The largest absolute Gasteiger partial charge is 0.507 e. The number of phenols is 3. The molecule has 1 atom stereocenters. The van der Waals surface area contributed by atoms with Crippen molar-refractivity contribution in [2.75, 3.05) is 0 Å². The number of rotatable bonds is 2. The second-order valence-electron chi connectivity index (χ2n) is 7.47. The highest BCUT2D eigenvalue weighted by atomic mass is 16.5. The maximum atomic E-state index is 13.0. The second-order valence-corrected chi connectivity index (χ2v) is 7.47. The molecule has 5 rings (SSSR count). The number of carbonyl (C=O) groups is 1. The Morgan fingerprint density at radius 2 is 1.59 bits per heavy atom. The van der Waals surface area contributed by atoms with E-state index in [1.807, 2.05) is 30.3 Å². The Balaban J connectivity index is 1.87. The lowest BCUT2D eigenvalue weighted by molar-refractivity contribution is -0.135. The van der Waals surface area contributed by atoms with Gasteiger partial charge in [0.05, 0.1) is 6.42 Å². The number of carbonyl (C=O) groups excluding carboxylic acids is 1. The Hall–Kier alpha value is -4.46. The summed E-state index contributed by atoms with van der Waals surface area (Å²) in [5.41, 5.74) is 0.337. The average molecular weight is 432 g/mol. The van der Waals surface area contributed by atoms with Gasteiger partial charge in [0.1, 0.15) is 22.5 Å². The van der Waals surface area contributed by atoms with Gasteiger partial charge in [-0.25, -0.2) is 0 Å². The van der Waals surface area contributed by atoms with Crippen LogP contribution in [0.1, 0.15) is 23.5 Å². The van der Waals surface area contributed by atoms with Gasteiger partial charge in [0.15, 0.2) is 17.3 Å². The van der Waals surface area contributed by atoms with Crippen molar-refractivity contribution in [3.05, 3.63) is 75.9 Å². The molecule has 160 valence electrons. The van der Waals surface area contributed by atoms with Crippen molar-refractivity contribution in [3.63, 3.8) is 0 Å². The van der Waals surface area contributed by atoms with Crippen LogP contribution in [0, 0.1) is 0 Å². The zero-order valence-corrected chi connectivity index (χ0v) is 16.4. The number of phenolic OH excluding ortho intramolecular Hbond substituents is 3. The lowest BCUT2D eigenvalue weighted by atomic mass is 9.85. The van der Waals surface area contributed by atoms with Crippen LogP contribution in [-0.4, -0.2) is 26.4 Å². The van der Waals surface area contributed by atoms with E-state index in [-0.39, 0.29) is 40.2 Å². The molecule has 0 saturated carbocycles. The van der Waals surface area contributed by atoms with Crippen LogP contribution in [0.25, 0.3) is 22.3 Å². The zero-order valence-electron chi connectivity index (χ0n) is 16.4. The van der Waals surface area contributed by atoms with Crippen LogP contribution < -0.4 is 10.2 Å². The fourth-order valence-electron chi connectivity index (χ4n) is 4.01. The normalized spacial score (nSPS) is 15.4. The van der Waals surface area contributed by atoms with E-state index in [0.717, 1.165) is 17.7 Å². The number of benzene rings is 3. The van der Waals surface area contributed by atoms with Crippen LogP contribution in [0.4, 0.5) is 0 Å². The first kappa shape index (κ1) is 19.5. The van der Waals surface area contributed by atoms with Crippen molar-refractivity contribution in [1.82, 2.24) is 0 Å². The van der Waals surface area contributed by atoms with Gasteiger partial charge in [-0.15, -0.1) is 0 Å². The molecule has 0 fully saturated rings. The number of esters is 1. The van der Waals surface area contributed by atoms with Crippen LogP contribution in [0.3, 0.4) is 0 Å². The van der Waals surface area contributed by atoms with E-state index in [1.54, 1.807) is 0 Å². The van der Waals surface area contributed by atoms with E-state index in [0.29, 0.717) is 5.56 Å². The van der Waals surface area contributed by atoms with Crippen molar-refractivity contribution < 1.29 is 34.4 Å². The van der Waals surface area contributed by atoms with E-state index < -0.39 is 34.6 Å². The molecule has 0 saturated heterocycles. The van der Waals surface area contributed by atoms with Crippen LogP contribution in [0.2, 0.25) is 0 Å². The molecule has 0 amide bonds. The minimum absolute atomic E-state index is 0.0171. The molecule has 0 unspecified atom stereocenters. The van der Waals surface area contributed by atoms with E-state index in [1.165, 1.54) is 12.1 Å². The van der Waals surface area contributed by atoms with Crippen LogP contribution in [0.15, 0.2) is 63.8 Å². The number of aromatic hydroxyl groups is 4. The summed E-state index contributed by atoms with van der Waals surface area (Å²) in [6, 6.07) is 13.9. The molecule has 2 heterocycles. The summed E-state index contributed by atoms with van der Waals surface area (Å²) in [6.07, 6.45) is -0.0171. The molecule has 0 spiro atoms. The smallest absolute Gasteiger partial charge is 0.312 e. The first-order valence-electron chi connectivity index (χ1n) is 9.68. The topological polar surface area (TPSA) is 137 Å². The summed E-state index contributed by atoms with van der Waals surface area (Å²) < 4.78 is 11.3. The first-order chi connectivity index (χ1) is 15.3. The summed E-state index contributed by atoms with van der Waals surface area (Å²) >= 11 is 0. The summed E-state index contributed by atoms with van der Waals surface area (Å²) in [6.45, 7) is 0. The zero-order chi connectivity index (χ0) is 22.6. The van der Waals surface area contributed by atoms with Crippen molar-refractivity contribution in [2.24, 2.45) is 0 Å². The van der Waals surface area contributed by atoms with Crippen LogP contribution in [-0.2, 0) is 4.79 Å². The molecule has 0 aliphatic carbocycles. The van der Waals surface area contributed by atoms with Gasteiger partial charge in [-0.3, -0.25) is 9.59 Å². The second kappa shape index (κ2) is 7.05. The lowest BCUT2D eigenvalue weighted by Crippen LogP contribution is -2.22. The minimum atomic E-state index is -0.891. The fourth-order valence-corrected chi connectivity index (χ4v) is 4.01. The van der Waals surface area contributed by atoms with Gasteiger partial charge in [-0.2, -0.15) is 0 Å². The highest BCUT2D eigenvalue weighted by Crippen LogP contribution is 2.47. The third-order valence-corrected chi connectivity index (χ3v) is 5.51. The SMILES string of the molecule is O=C1C[C@@H](c2ccccc2)c2c(cc(O)c3c(=O)c(O)c(-c4ccc(O)c(O)c4)oc23)O1. The third-order valence-electron chi connectivity index (χ3n) is 5.51. The van der Waals surface area contributed by atoms with Gasteiger partial charge in [-0.1, -0.05) is 30.3 Å². The van der Waals surface area contributed by atoms with Crippen molar-refractivity contribution >= 4 is 16.9 Å². The van der Waals surface area contributed by atoms with Crippen molar-refractivity contribution in [3.8, 4) is 40.1 Å². The highest BCUT2D eigenvalue weighted by Gasteiger charge is 2.34. The van der Waals surface area contributed by atoms with Crippen molar-refractivity contribution in [2.45, 2.75) is 12.3 Å². The lowest BCUT2D eigenvalue weighted by Gasteiger charge is -2.26. The van der Waals surface area contributed by atoms with Crippen molar-refractivity contribution in [1.29, 1.82) is 0 Å². The van der Waals surface area contributed by atoms with Gasteiger partial charge in [0.25, 0.3) is 0 Å². The van der Waals surface area contributed by atoms with Gasteiger partial charge in [0.2, 0.25) is 11.2 Å². The molecule has 1 aromatic heterocycles. The van der Waals surface area contributed by atoms with E-state index in [2.05, 4.69) is 0 Å². The molecule has 3 aromatic carbocycles.